The van der Waals surface area contributed by atoms with E-state index < -0.39 is 0 Å². The van der Waals surface area contributed by atoms with Gasteiger partial charge in [-0.15, -0.1) is 0 Å². The summed E-state index contributed by atoms with van der Waals surface area (Å²) in [4.78, 5) is 2.59. The Balaban J connectivity index is 2.05. The second kappa shape index (κ2) is 5.69. The van der Waals surface area contributed by atoms with Crippen molar-refractivity contribution in [3.8, 4) is 0 Å². The SMILES string of the molecule is CCCC1CN(c2ccsc2)C(CC)CN1. The van der Waals surface area contributed by atoms with Gasteiger partial charge in [0.25, 0.3) is 0 Å². The summed E-state index contributed by atoms with van der Waals surface area (Å²) in [6.45, 7) is 6.86. The smallest absolute Gasteiger partial charge is 0.0478 e. The van der Waals surface area contributed by atoms with E-state index in [4.69, 9.17) is 0 Å². The Bertz CT molecular complexity index is 297. The third-order valence-corrected chi connectivity index (χ3v) is 4.12. The highest BCUT2D eigenvalue weighted by Gasteiger charge is 2.26. The van der Waals surface area contributed by atoms with E-state index in [9.17, 15) is 0 Å². The summed E-state index contributed by atoms with van der Waals surface area (Å²) in [5.74, 6) is 0. The van der Waals surface area contributed by atoms with Crippen LogP contribution in [0.15, 0.2) is 16.8 Å². The predicted octanol–water partition coefficient (Wildman–Crippen LogP) is 3.11. The molecule has 2 atom stereocenters. The molecule has 3 heteroatoms. The number of thiophene rings is 1. The fourth-order valence-electron chi connectivity index (χ4n) is 2.51. The number of nitrogens with zero attached hydrogens (tertiary/aromatic N) is 1. The Morgan fingerprint density at radius 2 is 2.38 bits per heavy atom. The molecule has 1 saturated heterocycles. The maximum absolute atomic E-state index is 3.67. The molecule has 0 aliphatic carbocycles. The molecule has 0 aromatic carbocycles. The quantitative estimate of drug-likeness (QED) is 0.867. The lowest BCUT2D eigenvalue weighted by Gasteiger charge is -2.41. The van der Waals surface area contributed by atoms with E-state index >= 15 is 0 Å². The molecule has 2 unspecified atom stereocenters. The lowest BCUT2D eigenvalue weighted by atomic mass is 10.0. The van der Waals surface area contributed by atoms with Gasteiger partial charge in [0.05, 0.1) is 0 Å². The van der Waals surface area contributed by atoms with Gasteiger partial charge in [-0.05, 0) is 24.3 Å². The molecule has 1 aromatic rings. The average Bonchev–Trinajstić information content (AvgIpc) is 2.83. The molecule has 90 valence electrons. The number of hydrogen-bond donors (Lipinski definition) is 1. The molecule has 0 saturated carbocycles. The van der Waals surface area contributed by atoms with Crippen molar-refractivity contribution in [2.24, 2.45) is 0 Å². The number of rotatable bonds is 4. The summed E-state index contributed by atoms with van der Waals surface area (Å²) >= 11 is 1.80. The first-order chi connectivity index (χ1) is 7.85. The summed E-state index contributed by atoms with van der Waals surface area (Å²) in [7, 11) is 0. The lowest BCUT2D eigenvalue weighted by Crippen LogP contribution is -2.56. The zero-order valence-corrected chi connectivity index (χ0v) is 11.1. The minimum absolute atomic E-state index is 0.669. The van der Waals surface area contributed by atoms with E-state index in [1.165, 1.54) is 31.5 Å². The molecule has 0 amide bonds. The minimum atomic E-state index is 0.669. The van der Waals surface area contributed by atoms with Crippen molar-refractivity contribution in [1.82, 2.24) is 5.32 Å². The molecular weight excluding hydrogens is 216 g/mol. The molecule has 1 aromatic heterocycles. The van der Waals surface area contributed by atoms with Crippen molar-refractivity contribution in [1.29, 1.82) is 0 Å². The molecule has 2 heterocycles. The van der Waals surface area contributed by atoms with Crippen molar-refractivity contribution in [2.75, 3.05) is 18.0 Å². The second-order valence-electron chi connectivity index (χ2n) is 4.59. The summed E-state index contributed by atoms with van der Waals surface area (Å²) < 4.78 is 0. The van der Waals surface area contributed by atoms with Crippen LogP contribution in [0.5, 0.6) is 0 Å². The van der Waals surface area contributed by atoms with Crippen molar-refractivity contribution in [3.63, 3.8) is 0 Å². The largest absolute Gasteiger partial charge is 0.365 e. The zero-order valence-electron chi connectivity index (χ0n) is 10.3. The van der Waals surface area contributed by atoms with E-state index in [1.54, 1.807) is 11.3 Å². The third-order valence-electron chi connectivity index (χ3n) is 3.45. The van der Waals surface area contributed by atoms with Gasteiger partial charge < -0.3 is 10.2 Å². The van der Waals surface area contributed by atoms with Gasteiger partial charge >= 0.3 is 0 Å². The van der Waals surface area contributed by atoms with Crippen LogP contribution in [0, 0.1) is 0 Å². The van der Waals surface area contributed by atoms with E-state index in [0.717, 1.165) is 6.54 Å². The topological polar surface area (TPSA) is 15.3 Å². The summed E-state index contributed by atoms with van der Waals surface area (Å²) in [6, 6.07) is 3.59. The highest BCUT2D eigenvalue weighted by molar-refractivity contribution is 7.08. The summed E-state index contributed by atoms with van der Waals surface area (Å²) in [5.41, 5.74) is 1.42. The Morgan fingerprint density at radius 3 is 3.00 bits per heavy atom. The Kier molecular flexibility index (Phi) is 4.24. The molecule has 0 spiro atoms. The van der Waals surface area contributed by atoms with Gasteiger partial charge in [-0.25, -0.2) is 0 Å². The predicted molar refractivity (Wildman–Crippen MR) is 72.4 cm³/mol. The van der Waals surface area contributed by atoms with Crippen LogP contribution in [0.2, 0.25) is 0 Å². The molecule has 1 fully saturated rings. The van der Waals surface area contributed by atoms with Gasteiger partial charge in [0.1, 0.15) is 0 Å². The van der Waals surface area contributed by atoms with Crippen LogP contribution in [0.3, 0.4) is 0 Å². The van der Waals surface area contributed by atoms with Crippen LogP contribution in [0.1, 0.15) is 33.1 Å². The van der Waals surface area contributed by atoms with E-state index in [0.29, 0.717) is 12.1 Å². The minimum Gasteiger partial charge on any atom is -0.365 e. The molecule has 1 aliphatic rings. The number of piperazine rings is 1. The Labute approximate surface area is 103 Å². The highest BCUT2D eigenvalue weighted by Crippen LogP contribution is 2.24. The van der Waals surface area contributed by atoms with Gasteiger partial charge in [0, 0.05) is 36.2 Å². The average molecular weight is 238 g/mol. The first-order valence-electron chi connectivity index (χ1n) is 6.37. The normalized spacial score (nSPS) is 26.0. The molecule has 1 aliphatic heterocycles. The Morgan fingerprint density at radius 1 is 1.50 bits per heavy atom. The first-order valence-corrected chi connectivity index (χ1v) is 7.31. The van der Waals surface area contributed by atoms with Crippen molar-refractivity contribution >= 4 is 17.0 Å². The van der Waals surface area contributed by atoms with Gasteiger partial charge in [-0.1, -0.05) is 20.3 Å². The fourth-order valence-corrected chi connectivity index (χ4v) is 3.16. The van der Waals surface area contributed by atoms with Gasteiger partial charge in [-0.3, -0.25) is 0 Å². The van der Waals surface area contributed by atoms with Crippen LogP contribution in [-0.4, -0.2) is 25.2 Å². The Hall–Kier alpha value is -0.540. The van der Waals surface area contributed by atoms with E-state index in [-0.39, 0.29) is 0 Å². The van der Waals surface area contributed by atoms with Crippen LogP contribution in [0.25, 0.3) is 0 Å². The van der Waals surface area contributed by atoms with Gasteiger partial charge in [-0.2, -0.15) is 11.3 Å². The molecule has 16 heavy (non-hydrogen) atoms. The summed E-state index contributed by atoms with van der Waals surface area (Å²) in [5, 5.41) is 8.13. The number of hydrogen-bond acceptors (Lipinski definition) is 3. The van der Waals surface area contributed by atoms with E-state index in [1.807, 2.05) is 0 Å². The fraction of sp³-hybridized carbons (Fsp3) is 0.692. The third kappa shape index (κ3) is 2.58. The standard InChI is InChI=1S/C13H22N2S/c1-3-5-11-9-15(12(4-2)8-14-11)13-6-7-16-10-13/h6-7,10-12,14H,3-5,8-9H2,1-2H3. The van der Waals surface area contributed by atoms with Gasteiger partial charge in [0.15, 0.2) is 0 Å². The van der Waals surface area contributed by atoms with Crippen LogP contribution < -0.4 is 10.2 Å². The monoisotopic (exact) mass is 238 g/mol. The first kappa shape index (κ1) is 11.9. The van der Waals surface area contributed by atoms with E-state index in [2.05, 4.69) is 40.9 Å². The van der Waals surface area contributed by atoms with Crippen molar-refractivity contribution in [3.05, 3.63) is 16.8 Å². The lowest BCUT2D eigenvalue weighted by molar-refractivity contribution is 0.369. The van der Waals surface area contributed by atoms with Crippen molar-refractivity contribution < 1.29 is 0 Å². The number of nitrogens with one attached hydrogen (secondary N) is 1. The number of anilines is 1. The molecule has 0 radical (unpaired) electrons. The molecule has 0 bridgehead atoms. The van der Waals surface area contributed by atoms with Gasteiger partial charge in [0.2, 0.25) is 0 Å². The van der Waals surface area contributed by atoms with Crippen LogP contribution in [-0.2, 0) is 0 Å². The van der Waals surface area contributed by atoms with Crippen LogP contribution in [0.4, 0.5) is 5.69 Å². The second-order valence-corrected chi connectivity index (χ2v) is 5.37. The zero-order chi connectivity index (χ0) is 11.4. The summed E-state index contributed by atoms with van der Waals surface area (Å²) in [6.07, 6.45) is 3.78. The maximum atomic E-state index is 3.67. The maximum Gasteiger partial charge on any atom is 0.0478 e. The molecule has 1 N–H and O–H groups in total. The van der Waals surface area contributed by atoms with Crippen molar-refractivity contribution in [2.45, 2.75) is 45.2 Å². The molecule has 2 nitrogen and oxygen atoms in total. The highest BCUT2D eigenvalue weighted by atomic mass is 32.1. The molecular formula is C13H22N2S. The molecule has 2 rings (SSSR count). The van der Waals surface area contributed by atoms with Crippen LogP contribution >= 0.6 is 11.3 Å².